The molecule has 1 rings (SSSR count). The lowest BCUT2D eigenvalue weighted by Crippen LogP contribution is -2.39. The predicted molar refractivity (Wildman–Crippen MR) is 83.7 cm³/mol. The van der Waals surface area contributed by atoms with Gasteiger partial charge in [-0.3, -0.25) is 4.99 Å². The first-order valence-corrected chi connectivity index (χ1v) is 7.82. The summed E-state index contributed by atoms with van der Waals surface area (Å²) in [4.78, 5) is 7.14. The fourth-order valence-corrected chi connectivity index (χ4v) is 2.29. The average Bonchev–Trinajstić information content (AvgIpc) is 2.37. The van der Waals surface area contributed by atoms with Gasteiger partial charge in [0, 0.05) is 19.6 Å². The topological polar surface area (TPSA) is 39.7 Å². The molecular formula is C15H32N4. The molecule has 4 heteroatoms. The van der Waals surface area contributed by atoms with Crippen molar-refractivity contribution in [2.24, 2.45) is 16.8 Å². The number of guanidine groups is 1. The van der Waals surface area contributed by atoms with Crippen molar-refractivity contribution in [3.05, 3.63) is 0 Å². The maximum atomic E-state index is 4.73. The van der Waals surface area contributed by atoms with Crippen LogP contribution in [0, 0.1) is 11.8 Å². The lowest BCUT2D eigenvalue weighted by Gasteiger charge is -2.28. The van der Waals surface area contributed by atoms with Crippen molar-refractivity contribution >= 4 is 5.96 Å². The van der Waals surface area contributed by atoms with Gasteiger partial charge in [0.2, 0.25) is 0 Å². The molecule has 0 radical (unpaired) electrons. The van der Waals surface area contributed by atoms with Gasteiger partial charge >= 0.3 is 0 Å². The molecule has 1 saturated heterocycles. The van der Waals surface area contributed by atoms with E-state index >= 15 is 0 Å². The van der Waals surface area contributed by atoms with Crippen LogP contribution in [0.3, 0.4) is 0 Å². The standard InChI is InChI=1S/C15H32N4/c1-5-16-15(17-9-6-13(2)3)18-12-14-7-10-19(4)11-8-14/h13-14H,5-12H2,1-4H3,(H2,16,17,18). The minimum atomic E-state index is 0.740. The molecule has 0 amide bonds. The number of hydrogen-bond donors (Lipinski definition) is 2. The quantitative estimate of drug-likeness (QED) is 0.571. The first-order valence-electron chi connectivity index (χ1n) is 7.82. The molecule has 4 nitrogen and oxygen atoms in total. The Kier molecular flexibility index (Phi) is 7.87. The molecule has 0 spiro atoms. The van der Waals surface area contributed by atoms with E-state index in [0.29, 0.717) is 0 Å². The van der Waals surface area contributed by atoms with Gasteiger partial charge in [0.15, 0.2) is 5.96 Å². The Balaban J connectivity index is 2.30. The van der Waals surface area contributed by atoms with Crippen LogP contribution in [0.25, 0.3) is 0 Å². The van der Waals surface area contributed by atoms with Gasteiger partial charge in [-0.2, -0.15) is 0 Å². The highest BCUT2D eigenvalue weighted by molar-refractivity contribution is 5.79. The van der Waals surface area contributed by atoms with Crippen molar-refractivity contribution in [3.63, 3.8) is 0 Å². The van der Waals surface area contributed by atoms with Crippen molar-refractivity contribution in [2.45, 2.75) is 40.0 Å². The molecule has 1 aliphatic heterocycles. The molecule has 1 heterocycles. The van der Waals surface area contributed by atoms with Crippen molar-refractivity contribution in [1.82, 2.24) is 15.5 Å². The summed E-state index contributed by atoms with van der Waals surface area (Å²) in [6.07, 6.45) is 3.76. The number of likely N-dealkylation sites (tertiary alicyclic amines) is 1. The summed E-state index contributed by atoms with van der Waals surface area (Å²) in [6.45, 7) is 12.0. The SMILES string of the molecule is CCNC(=NCC1CCN(C)CC1)NCCC(C)C. The number of rotatable bonds is 6. The predicted octanol–water partition coefficient (Wildman–Crippen LogP) is 1.93. The highest BCUT2D eigenvalue weighted by Gasteiger charge is 2.16. The minimum absolute atomic E-state index is 0.740. The third kappa shape index (κ3) is 7.41. The maximum Gasteiger partial charge on any atom is 0.191 e. The summed E-state index contributed by atoms with van der Waals surface area (Å²) in [5, 5.41) is 6.76. The van der Waals surface area contributed by atoms with E-state index in [1.165, 1.54) is 32.4 Å². The van der Waals surface area contributed by atoms with Gasteiger partial charge in [-0.05, 0) is 58.2 Å². The van der Waals surface area contributed by atoms with E-state index in [1.807, 2.05) is 0 Å². The third-order valence-electron chi connectivity index (χ3n) is 3.70. The Bertz CT molecular complexity index is 255. The van der Waals surface area contributed by atoms with E-state index in [4.69, 9.17) is 4.99 Å². The smallest absolute Gasteiger partial charge is 0.191 e. The molecule has 0 aromatic carbocycles. The van der Waals surface area contributed by atoms with E-state index in [-0.39, 0.29) is 0 Å². The van der Waals surface area contributed by atoms with Gasteiger partial charge in [-0.1, -0.05) is 13.8 Å². The Morgan fingerprint density at radius 1 is 1.26 bits per heavy atom. The van der Waals surface area contributed by atoms with E-state index in [1.54, 1.807) is 0 Å². The molecular weight excluding hydrogens is 236 g/mol. The molecule has 0 atom stereocenters. The Labute approximate surface area is 119 Å². The van der Waals surface area contributed by atoms with Crippen LogP contribution in [0.4, 0.5) is 0 Å². The highest BCUT2D eigenvalue weighted by atomic mass is 15.2. The van der Waals surface area contributed by atoms with Gasteiger partial charge in [-0.25, -0.2) is 0 Å². The molecule has 0 aromatic heterocycles. The van der Waals surface area contributed by atoms with Crippen molar-refractivity contribution in [2.75, 3.05) is 39.8 Å². The van der Waals surface area contributed by atoms with E-state index in [0.717, 1.165) is 37.4 Å². The van der Waals surface area contributed by atoms with Crippen LogP contribution in [-0.4, -0.2) is 50.6 Å². The molecule has 1 fully saturated rings. The zero-order valence-electron chi connectivity index (χ0n) is 13.2. The summed E-state index contributed by atoms with van der Waals surface area (Å²) in [5.41, 5.74) is 0. The highest BCUT2D eigenvalue weighted by Crippen LogP contribution is 2.15. The second-order valence-electron chi connectivity index (χ2n) is 6.08. The molecule has 19 heavy (non-hydrogen) atoms. The molecule has 0 aromatic rings. The first-order chi connectivity index (χ1) is 9.11. The third-order valence-corrected chi connectivity index (χ3v) is 3.70. The second kappa shape index (κ2) is 9.18. The first kappa shape index (κ1) is 16.3. The monoisotopic (exact) mass is 268 g/mol. The largest absolute Gasteiger partial charge is 0.357 e. The summed E-state index contributed by atoms with van der Waals surface area (Å²) in [5.74, 6) is 2.49. The van der Waals surface area contributed by atoms with Crippen molar-refractivity contribution in [1.29, 1.82) is 0 Å². The van der Waals surface area contributed by atoms with Gasteiger partial charge < -0.3 is 15.5 Å². The van der Waals surface area contributed by atoms with Crippen LogP contribution < -0.4 is 10.6 Å². The number of hydrogen-bond acceptors (Lipinski definition) is 2. The van der Waals surface area contributed by atoms with E-state index in [2.05, 4.69) is 43.4 Å². The van der Waals surface area contributed by atoms with Gasteiger partial charge in [0.05, 0.1) is 0 Å². The Hall–Kier alpha value is -0.770. The lowest BCUT2D eigenvalue weighted by atomic mass is 9.97. The van der Waals surface area contributed by atoms with Crippen LogP contribution in [-0.2, 0) is 0 Å². The summed E-state index contributed by atoms with van der Waals surface area (Å²) in [7, 11) is 2.21. The molecule has 0 aliphatic carbocycles. The number of nitrogens with zero attached hydrogens (tertiary/aromatic N) is 2. The molecule has 1 aliphatic rings. The van der Waals surface area contributed by atoms with Gasteiger partial charge in [-0.15, -0.1) is 0 Å². The fraction of sp³-hybridized carbons (Fsp3) is 0.933. The second-order valence-corrected chi connectivity index (χ2v) is 6.08. The van der Waals surface area contributed by atoms with E-state index < -0.39 is 0 Å². The maximum absolute atomic E-state index is 4.73. The van der Waals surface area contributed by atoms with Crippen LogP contribution in [0.1, 0.15) is 40.0 Å². The molecule has 0 unspecified atom stereocenters. The summed E-state index contributed by atoms with van der Waals surface area (Å²) in [6, 6.07) is 0. The number of piperidine rings is 1. The Morgan fingerprint density at radius 2 is 1.95 bits per heavy atom. The number of nitrogens with one attached hydrogen (secondary N) is 2. The summed E-state index contributed by atoms with van der Waals surface area (Å²) >= 11 is 0. The average molecular weight is 268 g/mol. The number of aliphatic imine (C=N–C) groups is 1. The summed E-state index contributed by atoms with van der Waals surface area (Å²) < 4.78 is 0. The molecule has 0 saturated carbocycles. The molecule has 2 N–H and O–H groups in total. The lowest BCUT2D eigenvalue weighted by molar-refractivity contribution is 0.223. The molecule has 112 valence electrons. The van der Waals surface area contributed by atoms with Crippen molar-refractivity contribution in [3.8, 4) is 0 Å². The minimum Gasteiger partial charge on any atom is -0.357 e. The molecule has 0 bridgehead atoms. The van der Waals surface area contributed by atoms with Crippen LogP contribution in [0.5, 0.6) is 0 Å². The van der Waals surface area contributed by atoms with Gasteiger partial charge in [0.25, 0.3) is 0 Å². The Morgan fingerprint density at radius 3 is 2.53 bits per heavy atom. The van der Waals surface area contributed by atoms with E-state index in [9.17, 15) is 0 Å². The zero-order chi connectivity index (χ0) is 14.1. The zero-order valence-corrected chi connectivity index (χ0v) is 13.2. The van der Waals surface area contributed by atoms with Crippen LogP contribution >= 0.6 is 0 Å². The van der Waals surface area contributed by atoms with Crippen molar-refractivity contribution < 1.29 is 0 Å². The van der Waals surface area contributed by atoms with Gasteiger partial charge in [0.1, 0.15) is 0 Å². The van der Waals surface area contributed by atoms with Crippen LogP contribution in [0.15, 0.2) is 4.99 Å². The normalized spacial score (nSPS) is 18.9. The van der Waals surface area contributed by atoms with Crippen LogP contribution in [0.2, 0.25) is 0 Å². The fourth-order valence-electron chi connectivity index (χ4n) is 2.29.